The fraction of sp³-hybridized carbons (Fsp3) is 0.538. The summed E-state index contributed by atoms with van der Waals surface area (Å²) >= 11 is 6.11. The van der Waals surface area contributed by atoms with Crippen LogP contribution >= 0.6 is 24.0 Å². The van der Waals surface area contributed by atoms with Crippen molar-refractivity contribution in [3.8, 4) is 0 Å². The third-order valence-corrected chi connectivity index (χ3v) is 4.06. The average molecular weight is 273 g/mol. The molecule has 0 aliphatic carbocycles. The zero-order chi connectivity index (χ0) is 11.1. The minimum Gasteiger partial charge on any atom is -0.303 e. The summed E-state index contributed by atoms with van der Waals surface area (Å²) in [6.07, 6.45) is 1.17. The van der Waals surface area contributed by atoms with Crippen molar-refractivity contribution in [2.24, 2.45) is 0 Å². The SMILES string of the molecule is CN1CCN2CCc3ccc(Cl)cc3C2C1.Cl. The third-order valence-electron chi connectivity index (χ3n) is 3.83. The van der Waals surface area contributed by atoms with Crippen molar-refractivity contribution >= 4 is 24.0 Å². The molecule has 0 bridgehead atoms. The number of halogens is 2. The minimum absolute atomic E-state index is 0. The molecule has 1 unspecified atom stereocenters. The molecule has 0 amide bonds. The molecule has 1 aromatic rings. The van der Waals surface area contributed by atoms with Crippen molar-refractivity contribution in [1.82, 2.24) is 9.80 Å². The number of likely N-dealkylation sites (N-methyl/N-ethyl adjacent to an activating group) is 1. The van der Waals surface area contributed by atoms with Gasteiger partial charge in [0.1, 0.15) is 0 Å². The van der Waals surface area contributed by atoms with Gasteiger partial charge in [0.2, 0.25) is 0 Å². The van der Waals surface area contributed by atoms with Gasteiger partial charge in [-0.15, -0.1) is 12.4 Å². The van der Waals surface area contributed by atoms with Gasteiger partial charge in [0.25, 0.3) is 0 Å². The standard InChI is InChI=1S/C13H17ClN2.ClH/c1-15-6-7-16-5-4-10-2-3-11(14)8-12(10)13(16)9-15;/h2-3,8,13H,4-7,9H2,1H3;1H. The van der Waals surface area contributed by atoms with Crippen LogP contribution in [0.2, 0.25) is 5.02 Å². The number of benzene rings is 1. The van der Waals surface area contributed by atoms with Crippen LogP contribution in [-0.2, 0) is 6.42 Å². The molecule has 2 heterocycles. The van der Waals surface area contributed by atoms with Crippen LogP contribution in [0, 0.1) is 0 Å². The quantitative estimate of drug-likeness (QED) is 0.717. The second-order valence-electron chi connectivity index (χ2n) is 4.91. The fourth-order valence-corrected chi connectivity index (χ4v) is 3.07. The van der Waals surface area contributed by atoms with Gasteiger partial charge in [-0.1, -0.05) is 17.7 Å². The van der Waals surface area contributed by atoms with Gasteiger partial charge in [0.05, 0.1) is 0 Å². The van der Waals surface area contributed by atoms with Gasteiger partial charge < -0.3 is 4.90 Å². The van der Waals surface area contributed by atoms with Crippen LogP contribution in [0.3, 0.4) is 0 Å². The number of hydrogen-bond donors (Lipinski definition) is 0. The Bertz CT molecular complexity index is 408. The lowest BCUT2D eigenvalue weighted by atomic mass is 9.91. The van der Waals surface area contributed by atoms with Crippen LogP contribution in [-0.4, -0.2) is 43.0 Å². The lowest BCUT2D eigenvalue weighted by molar-refractivity contribution is 0.0826. The second-order valence-corrected chi connectivity index (χ2v) is 5.34. The summed E-state index contributed by atoms with van der Waals surface area (Å²) in [6, 6.07) is 6.93. The molecule has 1 atom stereocenters. The van der Waals surface area contributed by atoms with Crippen LogP contribution in [0.4, 0.5) is 0 Å². The molecule has 17 heavy (non-hydrogen) atoms. The van der Waals surface area contributed by atoms with Crippen LogP contribution in [0.15, 0.2) is 18.2 Å². The lowest BCUT2D eigenvalue weighted by Gasteiger charge is -2.43. The van der Waals surface area contributed by atoms with E-state index in [9.17, 15) is 0 Å². The predicted molar refractivity (Wildman–Crippen MR) is 74.2 cm³/mol. The van der Waals surface area contributed by atoms with E-state index in [0.717, 1.165) is 11.6 Å². The Morgan fingerprint density at radius 3 is 2.88 bits per heavy atom. The van der Waals surface area contributed by atoms with Crippen molar-refractivity contribution in [2.45, 2.75) is 12.5 Å². The van der Waals surface area contributed by atoms with Gasteiger partial charge in [-0.25, -0.2) is 0 Å². The van der Waals surface area contributed by atoms with Crippen LogP contribution in [0.1, 0.15) is 17.2 Å². The smallest absolute Gasteiger partial charge is 0.0479 e. The van der Waals surface area contributed by atoms with Crippen molar-refractivity contribution in [3.63, 3.8) is 0 Å². The molecule has 3 rings (SSSR count). The molecule has 2 aliphatic heterocycles. The summed E-state index contributed by atoms with van der Waals surface area (Å²) in [6.45, 7) is 4.71. The number of piperazine rings is 1. The van der Waals surface area contributed by atoms with Crippen molar-refractivity contribution in [2.75, 3.05) is 33.2 Å². The van der Waals surface area contributed by atoms with Gasteiger partial charge in [0.15, 0.2) is 0 Å². The van der Waals surface area contributed by atoms with E-state index in [1.807, 2.05) is 6.07 Å². The van der Waals surface area contributed by atoms with Crippen LogP contribution in [0.25, 0.3) is 0 Å². The molecule has 2 aliphatic rings. The summed E-state index contributed by atoms with van der Waals surface area (Å²) in [5.41, 5.74) is 2.94. The van der Waals surface area contributed by atoms with Gasteiger partial charge >= 0.3 is 0 Å². The Hall–Kier alpha value is -0.280. The zero-order valence-electron chi connectivity index (χ0n) is 10.0. The molecule has 2 nitrogen and oxygen atoms in total. The number of fused-ring (bicyclic) bond motifs is 3. The first-order valence-corrected chi connectivity index (χ1v) is 6.33. The molecule has 0 saturated carbocycles. The van der Waals surface area contributed by atoms with Gasteiger partial charge in [0, 0.05) is 37.2 Å². The van der Waals surface area contributed by atoms with E-state index in [2.05, 4.69) is 29.0 Å². The van der Waals surface area contributed by atoms with Crippen LogP contribution in [0.5, 0.6) is 0 Å². The summed E-state index contributed by atoms with van der Waals surface area (Å²) in [7, 11) is 2.20. The summed E-state index contributed by atoms with van der Waals surface area (Å²) in [5, 5.41) is 0.869. The lowest BCUT2D eigenvalue weighted by Crippen LogP contribution is -2.49. The van der Waals surface area contributed by atoms with E-state index in [1.165, 1.54) is 37.2 Å². The number of nitrogens with zero attached hydrogens (tertiary/aromatic N) is 2. The second kappa shape index (κ2) is 5.15. The van der Waals surface area contributed by atoms with E-state index < -0.39 is 0 Å². The topological polar surface area (TPSA) is 6.48 Å². The van der Waals surface area contributed by atoms with E-state index in [0.29, 0.717) is 6.04 Å². The average Bonchev–Trinajstić information content (AvgIpc) is 2.29. The maximum Gasteiger partial charge on any atom is 0.0479 e. The van der Waals surface area contributed by atoms with Gasteiger partial charge in [-0.3, -0.25) is 4.90 Å². The maximum atomic E-state index is 6.11. The summed E-state index contributed by atoms with van der Waals surface area (Å²) in [4.78, 5) is 5.01. The first-order chi connectivity index (χ1) is 7.74. The molecule has 1 aromatic carbocycles. The molecule has 1 saturated heterocycles. The minimum atomic E-state index is 0. The predicted octanol–water partition coefficient (Wildman–Crippen LogP) is 2.61. The molecule has 0 spiro atoms. The molecule has 0 radical (unpaired) electrons. The molecule has 0 aromatic heterocycles. The van der Waals surface area contributed by atoms with E-state index in [1.54, 1.807) is 0 Å². The van der Waals surface area contributed by atoms with Gasteiger partial charge in [-0.05, 0) is 36.7 Å². The first-order valence-electron chi connectivity index (χ1n) is 5.95. The highest BCUT2D eigenvalue weighted by atomic mass is 35.5. The van der Waals surface area contributed by atoms with Crippen molar-refractivity contribution in [1.29, 1.82) is 0 Å². The highest BCUT2D eigenvalue weighted by Crippen LogP contribution is 2.33. The monoisotopic (exact) mass is 272 g/mol. The molecule has 1 fully saturated rings. The van der Waals surface area contributed by atoms with Gasteiger partial charge in [-0.2, -0.15) is 0 Å². The van der Waals surface area contributed by atoms with E-state index >= 15 is 0 Å². The largest absolute Gasteiger partial charge is 0.303 e. The Morgan fingerprint density at radius 1 is 1.24 bits per heavy atom. The molecule has 4 heteroatoms. The van der Waals surface area contributed by atoms with Crippen molar-refractivity contribution < 1.29 is 0 Å². The molecular weight excluding hydrogens is 255 g/mol. The first kappa shape index (κ1) is 13.2. The highest BCUT2D eigenvalue weighted by molar-refractivity contribution is 6.30. The van der Waals surface area contributed by atoms with E-state index in [4.69, 9.17) is 11.6 Å². The summed E-state index contributed by atoms with van der Waals surface area (Å²) < 4.78 is 0. The molecule has 94 valence electrons. The number of hydrogen-bond acceptors (Lipinski definition) is 2. The Morgan fingerprint density at radius 2 is 2.06 bits per heavy atom. The van der Waals surface area contributed by atoms with E-state index in [-0.39, 0.29) is 12.4 Å². The molecular formula is C13H18Cl2N2. The highest BCUT2D eigenvalue weighted by Gasteiger charge is 2.31. The molecule has 0 N–H and O–H groups in total. The normalized spacial score (nSPS) is 24.7. The fourth-order valence-electron chi connectivity index (χ4n) is 2.89. The Balaban J connectivity index is 0.00000108. The summed E-state index contributed by atoms with van der Waals surface area (Å²) in [5.74, 6) is 0. The Labute approximate surface area is 114 Å². The zero-order valence-corrected chi connectivity index (χ0v) is 11.6. The maximum absolute atomic E-state index is 6.11. The Kier molecular flexibility index (Phi) is 3.99. The third kappa shape index (κ3) is 2.45. The van der Waals surface area contributed by atoms with Crippen molar-refractivity contribution in [3.05, 3.63) is 34.3 Å². The van der Waals surface area contributed by atoms with Crippen LogP contribution < -0.4 is 0 Å². The number of rotatable bonds is 0.